The quantitative estimate of drug-likeness (QED) is 0.632. The van der Waals surface area contributed by atoms with E-state index in [1.807, 2.05) is 0 Å². The highest BCUT2D eigenvalue weighted by Gasteiger charge is 2.31. The number of Topliss-reactive ketones (excluding diaryl/α,β-unsaturated/α-hetero) is 1. The molecule has 1 fully saturated rings. The van der Waals surface area contributed by atoms with Crippen LogP contribution in [0, 0.1) is 5.92 Å². The second-order valence-corrected chi connectivity index (χ2v) is 5.19. The summed E-state index contributed by atoms with van der Waals surface area (Å²) in [5, 5.41) is 0.490. The second kappa shape index (κ2) is 5.29. The summed E-state index contributed by atoms with van der Waals surface area (Å²) in [6, 6.07) is 5.00. The maximum absolute atomic E-state index is 11.9. The normalized spacial score (nSPS) is 19.4. The minimum Gasteiger partial charge on any atom is -0.311 e. The van der Waals surface area contributed by atoms with Crippen LogP contribution in [0.2, 0.25) is 5.02 Å². The van der Waals surface area contributed by atoms with Crippen molar-refractivity contribution in [3.63, 3.8) is 0 Å². The first-order valence-electron chi connectivity index (χ1n) is 5.69. The highest BCUT2D eigenvalue weighted by atomic mass is 35.5. The van der Waals surface area contributed by atoms with Crippen LogP contribution in [0.4, 0.5) is 5.69 Å². The summed E-state index contributed by atoms with van der Waals surface area (Å²) >= 11 is 11.7. The van der Waals surface area contributed by atoms with Gasteiger partial charge in [0, 0.05) is 29.4 Å². The van der Waals surface area contributed by atoms with Gasteiger partial charge in [-0.1, -0.05) is 11.6 Å². The summed E-state index contributed by atoms with van der Waals surface area (Å²) in [4.78, 5) is 25.2. The molecule has 1 saturated heterocycles. The van der Waals surface area contributed by atoms with Gasteiger partial charge in [0.15, 0.2) is 5.78 Å². The first-order chi connectivity index (χ1) is 8.52. The molecule has 1 heterocycles. The molecule has 0 aliphatic carbocycles. The van der Waals surface area contributed by atoms with E-state index in [4.69, 9.17) is 23.2 Å². The third-order valence-electron chi connectivity index (χ3n) is 3.05. The highest BCUT2D eigenvalue weighted by molar-refractivity contribution is 6.31. The number of alkyl halides is 1. The fourth-order valence-corrected chi connectivity index (χ4v) is 2.52. The summed E-state index contributed by atoms with van der Waals surface area (Å²) in [5.41, 5.74) is 1.11. The molecule has 0 aromatic heterocycles. The molecular formula is C13H13Cl2NO2. The predicted molar refractivity (Wildman–Crippen MR) is 72.6 cm³/mol. The SMILES string of the molecule is CC(=O)c1cc(Cl)ccc1N1CC(CCl)CC1=O. The van der Waals surface area contributed by atoms with Crippen molar-refractivity contribution in [1.82, 2.24) is 0 Å². The topological polar surface area (TPSA) is 37.4 Å². The third-order valence-corrected chi connectivity index (χ3v) is 3.72. The summed E-state index contributed by atoms with van der Waals surface area (Å²) in [7, 11) is 0. The molecule has 1 atom stereocenters. The molecule has 2 rings (SSSR count). The van der Waals surface area contributed by atoms with Crippen molar-refractivity contribution in [1.29, 1.82) is 0 Å². The maximum Gasteiger partial charge on any atom is 0.227 e. The number of rotatable bonds is 3. The highest BCUT2D eigenvalue weighted by Crippen LogP contribution is 2.30. The summed E-state index contributed by atoms with van der Waals surface area (Å²) in [6.07, 6.45) is 0.434. The predicted octanol–water partition coefficient (Wildman–Crippen LogP) is 3.13. The zero-order valence-electron chi connectivity index (χ0n) is 9.95. The van der Waals surface area contributed by atoms with E-state index in [0.29, 0.717) is 35.1 Å². The number of halogens is 2. The van der Waals surface area contributed by atoms with E-state index in [9.17, 15) is 9.59 Å². The molecule has 96 valence electrons. The monoisotopic (exact) mass is 285 g/mol. The Kier molecular flexibility index (Phi) is 3.93. The van der Waals surface area contributed by atoms with Gasteiger partial charge in [-0.2, -0.15) is 0 Å². The van der Waals surface area contributed by atoms with E-state index in [1.165, 1.54) is 6.92 Å². The van der Waals surface area contributed by atoms with Crippen LogP contribution >= 0.6 is 23.2 Å². The molecule has 0 bridgehead atoms. The summed E-state index contributed by atoms with van der Waals surface area (Å²) in [5.74, 6) is 0.500. The van der Waals surface area contributed by atoms with Crippen molar-refractivity contribution in [3.8, 4) is 0 Å². The molecule has 1 aliphatic rings. The van der Waals surface area contributed by atoms with Crippen molar-refractivity contribution in [2.45, 2.75) is 13.3 Å². The number of carbonyl (C=O) groups excluding carboxylic acids is 2. The van der Waals surface area contributed by atoms with E-state index < -0.39 is 0 Å². The largest absolute Gasteiger partial charge is 0.311 e. The molecule has 0 saturated carbocycles. The van der Waals surface area contributed by atoms with Crippen molar-refractivity contribution in [2.24, 2.45) is 5.92 Å². The fraction of sp³-hybridized carbons (Fsp3) is 0.385. The number of anilines is 1. The molecule has 1 amide bonds. The third kappa shape index (κ3) is 2.52. The molecule has 1 aromatic carbocycles. The number of nitrogens with zero attached hydrogens (tertiary/aromatic N) is 1. The lowest BCUT2D eigenvalue weighted by atomic mass is 10.1. The van der Waals surface area contributed by atoms with E-state index in [1.54, 1.807) is 23.1 Å². The smallest absolute Gasteiger partial charge is 0.227 e. The van der Waals surface area contributed by atoms with E-state index in [-0.39, 0.29) is 17.6 Å². The average Bonchev–Trinajstić information content (AvgIpc) is 2.70. The standard InChI is InChI=1S/C13H13Cl2NO2/c1-8(17)11-5-10(15)2-3-12(11)16-7-9(6-14)4-13(16)18/h2-3,5,9H,4,6-7H2,1H3. The molecule has 0 radical (unpaired) electrons. The van der Waals surface area contributed by atoms with Crippen LogP contribution in [-0.2, 0) is 4.79 Å². The number of hydrogen-bond donors (Lipinski definition) is 0. The zero-order chi connectivity index (χ0) is 13.3. The fourth-order valence-electron chi connectivity index (χ4n) is 2.14. The Morgan fingerprint density at radius 3 is 2.78 bits per heavy atom. The van der Waals surface area contributed by atoms with Crippen LogP contribution < -0.4 is 4.90 Å². The molecule has 1 aliphatic heterocycles. The van der Waals surface area contributed by atoms with Gasteiger partial charge in [-0.05, 0) is 31.0 Å². The number of carbonyl (C=O) groups is 2. The molecule has 1 aromatic rings. The molecule has 18 heavy (non-hydrogen) atoms. The summed E-state index contributed by atoms with van der Waals surface area (Å²) < 4.78 is 0. The van der Waals surface area contributed by atoms with Gasteiger partial charge in [0.05, 0.1) is 5.69 Å². The van der Waals surface area contributed by atoms with Gasteiger partial charge in [-0.25, -0.2) is 0 Å². The minimum absolute atomic E-state index is 0.00507. The lowest BCUT2D eigenvalue weighted by Gasteiger charge is -2.19. The van der Waals surface area contributed by atoms with E-state index in [0.717, 1.165) is 0 Å². The first-order valence-corrected chi connectivity index (χ1v) is 6.61. The van der Waals surface area contributed by atoms with Crippen molar-refractivity contribution in [2.75, 3.05) is 17.3 Å². The van der Waals surface area contributed by atoms with E-state index in [2.05, 4.69) is 0 Å². The van der Waals surface area contributed by atoms with Crippen LogP contribution in [0.3, 0.4) is 0 Å². The van der Waals surface area contributed by atoms with Gasteiger partial charge >= 0.3 is 0 Å². The first kappa shape index (κ1) is 13.4. The molecular weight excluding hydrogens is 273 g/mol. The van der Waals surface area contributed by atoms with Gasteiger partial charge < -0.3 is 4.90 Å². The lowest BCUT2D eigenvalue weighted by Crippen LogP contribution is -2.26. The van der Waals surface area contributed by atoms with Gasteiger partial charge in [0.2, 0.25) is 5.91 Å². The Labute approximate surface area is 116 Å². The van der Waals surface area contributed by atoms with Crippen LogP contribution in [-0.4, -0.2) is 24.1 Å². The average molecular weight is 286 g/mol. The van der Waals surface area contributed by atoms with Crippen LogP contribution in [0.15, 0.2) is 18.2 Å². The van der Waals surface area contributed by atoms with Crippen LogP contribution in [0.5, 0.6) is 0 Å². The van der Waals surface area contributed by atoms with E-state index >= 15 is 0 Å². The van der Waals surface area contributed by atoms with Crippen molar-refractivity contribution >= 4 is 40.6 Å². The lowest BCUT2D eigenvalue weighted by molar-refractivity contribution is -0.117. The Hall–Kier alpha value is -1.06. The van der Waals surface area contributed by atoms with Gasteiger partial charge in [-0.15, -0.1) is 11.6 Å². The van der Waals surface area contributed by atoms with Crippen molar-refractivity contribution < 1.29 is 9.59 Å². The number of amides is 1. The summed E-state index contributed by atoms with van der Waals surface area (Å²) in [6.45, 7) is 2.03. The van der Waals surface area contributed by atoms with Crippen molar-refractivity contribution in [3.05, 3.63) is 28.8 Å². The molecule has 0 spiro atoms. The maximum atomic E-state index is 11.9. The van der Waals surface area contributed by atoms with Gasteiger partial charge in [-0.3, -0.25) is 9.59 Å². The second-order valence-electron chi connectivity index (χ2n) is 4.45. The van der Waals surface area contributed by atoms with Gasteiger partial charge in [0.1, 0.15) is 0 Å². The molecule has 0 N–H and O–H groups in total. The van der Waals surface area contributed by atoms with Crippen LogP contribution in [0.1, 0.15) is 23.7 Å². The molecule has 1 unspecified atom stereocenters. The molecule has 5 heteroatoms. The van der Waals surface area contributed by atoms with Gasteiger partial charge in [0.25, 0.3) is 0 Å². The Morgan fingerprint density at radius 1 is 1.50 bits per heavy atom. The Balaban J connectivity index is 2.39. The van der Waals surface area contributed by atoms with Crippen LogP contribution in [0.25, 0.3) is 0 Å². The number of benzene rings is 1. The zero-order valence-corrected chi connectivity index (χ0v) is 11.5. The number of ketones is 1. The minimum atomic E-state index is -0.102. The number of hydrogen-bond acceptors (Lipinski definition) is 2. The molecule has 3 nitrogen and oxygen atoms in total. The Bertz CT molecular complexity index is 502. The Morgan fingerprint density at radius 2 is 2.22 bits per heavy atom.